The van der Waals surface area contributed by atoms with Crippen molar-refractivity contribution in [2.45, 2.75) is 38.5 Å². The maximum Gasteiger partial charge on any atom is 0.0543 e. The SMILES string of the molecule is CC1(C)c2ccccc2-c2cc3c(cc21)-c1cc(-c2ccccc2)c(N(c2ccc(-c4ccccc4)cc2)c2ccc4sc5ccccc5c4c2)cc1C3(C)C. The van der Waals surface area contributed by atoms with E-state index in [4.69, 9.17) is 0 Å². The largest absolute Gasteiger partial charge is 0.310 e. The Morgan fingerprint density at radius 3 is 1.64 bits per heavy atom. The molecular weight excluding hydrogens is 695 g/mol. The van der Waals surface area contributed by atoms with Crippen LogP contribution in [0.2, 0.25) is 0 Å². The van der Waals surface area contributed by atoms with Gasteiger partial charge in [-0.2, -0.15) is 0 Å². The lowest BCUT2D eigenvalue weighted by Crippen LogP contribution is -2.18. The highest BCUT2D eigenvalue weighted by atomic mass is 32.1. The summed E-state index contributed by atoms with van der Waals surface area (Å²) < 4.78 is 2.62. The van der Waals surface area contributed by atoms with Gasteiger partial charge in [0.1, 0.15) is 0 Å². The van der Waals surface area contributed by atoms with E-state index in [2.05, 4.69) is 209 Å². The van der Waals surface area contributed by atoms with Crippen molar-refractivity contribution in [3.8, 4) is 44.5 Å². The Labute approximate surface area is 333 Å². The molecule has 0 N–H and O–H groups in total. The number of nitrogens with zero attached hydrogens (tertiary/aromatic N) is 1. The Balaban J connectivity index is 1.17. The van der Waals surface area contributed by atoms with Gasteiger partial charge in [-0.15, -0.1) is 11.3 Å². The Bertz CT molecular complexity index is 3000. The standard InChI is InChI=1S/C54H41NS/c1-53(2)46-21-13-11-19-39(46)43-31-48-44(32-47(43)53)42-30-41(36-17-9-6-10-18-36)50(33-49(42)54(48,3)4)55(37-25-23-35(24-26-37)34-15-7-5-8-16-34)38-27-28-52-45(29-38)40-20-12-14-22-51(40)56-52/h5-33H,1-4H3. The molecule has 56 heavy (non-hydrogen) atoms. The van der Waals surface area contributed by atoms with Gasteiger partial charge in [0, 0.05) is 47.9 Å². The van der Waals surface area contributed by atoms with E-state index in [-0.39, 0.29) is 10.8 Å². The molecule has 0 spiro atoms. The topological polar surface area (TPSA) is 3.24 Å². The molecule has 1 aromatic heterocycles. The minimum Gasteiger partial charge on any atom is -0.310 e. The number of fused-ring (bicyclic) bond motifs is 9. The predicted molar refractivity (Wildman–Crippen MR) is 240 cm³/mol. The van der Waals surface area contributed by atoms with Crippen molar-refractivity contribution in [1.29, 1.82) is 0 Å². The summed E-state index contributed by atoms with van der Waals surface area (Å²) in [6.45, 7) is 9.62. The number of benzene rings is 8. The van der Waals surface area contributed by atoms with E-state index in [0.29, 0.717) is 0 Å². The number of thiophene rings is 1. The summed E-state index contributed by atoms with van der Waals surface area (Å²) in [4.78, 5) is 2.50. The number of anilines is 3. The third kappa shape index (κ3) is 4.85. The number of hydrogen-bond acceptors (Lipinski definition) is 2. The third-order valence-electron chi connectivity index (χ3n) is 12.7. The molecule has 0 radical (unpaired) electrons. The minimum absolute atomic E-state index is 0.0662. The van der Waals surface area contributed by atoms with Crippen LogP contribution in [0.25, 0.3) is 64.7 Å². The summed E-state index contributed by atoms with van der Waals surface area (Å²) in [5, 5.41) is 2.60. The molecule has 2 aliphatic rings. The second-order valence-corrected chi connectivity index (χ2v) is 17.6. The van der Waals surface area contributed by atoms with E-state index in [1.54, 1.807) is 0 Å². The van der Waals surface area contributed by atoms with E-state index >= 15 is 0 Å². The molecule has 0 saturated heterocycles. The first-order valence-corrected chi connectivity index (χ1v) is 20.5. The lowest BCUT2D eigenvalue weighted by molar-refractivity contribution is 0.652. The van der Waals surface area contributed by atoms with Gasteiger partial charge in [-0.05, 0) is 122 Å². The molecule has 1 nitrogen and oxygen atoms in total. The smallest absolute Gasteiger partial charge is 0.0543 e. The Hall–Kier alpha value is -6.22. The molecular formula is C54H41NS. The summed E-state index contributed by atoms with van der Waals surface area (Å²) >= 11 is 1.87. The molecule has 0 unspecified atom stereocenters. The van der Waals surface area contributed by atoms with Crippen LogP contribution in [0.4, 0.5) is 17.1 Å². The van der Waals surface area contributed by atoms with E-state index in [1.807, 2.05) is 11.3 Å². The van der Waals surface area contributed by atoms with Crippen LogP contribution in [-0.4, -0.2) is 0 Å². The van der Waals surface area contributed by atoms with Crippen LogP contribution in [-0.2, 0) is 10.8 Å². The van der Waals surface area contributed by atoms with Crippen molar-refractivity contribution in [2.24, 2.45) is 0 Å². The average Bonchev–Trinajstić information content (AvgIpc) is 3.80. The second kappa shape index (κ2) is 12.1. The summed E-state index contributed by atoms with van der Waals surface area (Å²) in [5.74, 6) is 0. The van der Waals surface area contributed by atoms with Gasteiger partial charge >= 0.3 is 0 Å². The number of rotatable bonds is 5. The number of hydrogen-bond donors (Lipinski definition) is 0. The van der Waals surface area contributed by atoms with Crippen molar-refractivity contribution >= 4 is 48.6 Å². The van der Waals surface area contributed by atoms with Crippen LogP contribution in [0.1, 0.15) is 49.9 Å². The molecule has 1 heterocycles. The van der Waals surface area contributed by atoms with Crippen molar-refractivity contribution in [1.82, 2.24) is 0 Å². The maximum absolute atomic E-state index is 2.53. The van der Waals surface area contributed by atoms with Crippen LogP contribution >= 0.6 is 11.3 Å². The maximum atomic E-state index is 2.53. The molecule has 0 fully saturated rings. The summed E-state index contributed by atoms with van der Waals surface area (Å²) in [6, 6.07) is 65.7. The van der Waals surface area contributed by atoms with Crippen LogP contribution in [0.15, 0.2) is 176 Å². The molecule has 9 aromatic rings. The first-order chi connectivity index (χ1) is 27.3. The molecule has 11 rings (SSSR count). The van der Waals surface area contributed by atoms with Crippen LogP contribution in [0.3, 0.4) is 0 Å². The highest BCUT2D eigenvalue weighted by Crippen LogP contribution is 2.58. The van der Waals surface area contributed by atoms with Gasteiger partial charge in [-0.1, -0.05) is 143 Å². The van der Waals surface area contributed by atoms with Crippen molar-refractivity contribution in [3.63, 3.8) is 0 Å². The average molecular weight is 736 g/mol. The van der Waals surface area contributed by atoms with Gasteiger partial charge in [0.25, 0.3) is 0 Å². The van der Waals surface area contributed by atoms with Crippen LogP contribution in [0.5, 0.6) is 0 Å². The van der Waals surface area contributed by atoms with Gasteiger partial charge in [0.15, 0.2) is 0 Å². The normalized spacial score (nSPS) is 14.4. The summed E-state index contributed by atoms with van der Waals surface area (Å²) in [5.41, 5.74) is 19.1. The fraction of sp³-hybridized carbons (Fsp3) is 0.111. The zero-order valence-corrected chi connectivity index (χ0v) is 32.9. The quantitative estimate of drug-likeness (QED) is 0.170. The first kappa shape index (κ1) is 33.1. The second-order valence-electron chi connectivity index (χ2n) is 16.5. The third-order valence-corrected chi connectivity index (χ3v) is 13.8. The predicted octanol–water partition coefficient (Wildman–Crippen LogP) is 15.5. The lowest BCUT2D eigenvalue weighted by Gasteiger charge is -2.30. The molecule has 2 aliphatic carbocycles. The van der Waals surface area contributed by atoms with Gasteiger partial charge < -0.3 is 4.90 Å². The fourth-order valence-electron chi connectivity index (χ4n) is 9.71. The monoisotopic (exact) mass is 735 g/mol. The highest BCUT2D eigenvalue weighted by Gasteiger charge is 2.42. The van der Waals surface area contributed by atoms with Crippen molar-refractivity contribution in [3.05, 3.63) is 198 Å². The zero-order chi connectivity index (χ0) is 37.8. The fourth-order valence-corrected chi connectivity index (χ4v) is 10.8. The zero-order valence-electron chi connectivity index (χ0n) is 32.1. The molecule has 8 aromatic carbocycles. The van der Waals surface area contributed by atoms with Gasteiger partial charge in [-0.3, -0.25) is 0 Å². The van der Waals surface area contributed by atoms with E-state index in [9.17, 15) is 0 Å². The van der Waals surface area contributed by atoms with Crippen LogP contribution < -0.4 is 4.90 Å². The van der Waals surface area contributed by atoms with E-state index < -0.39 is 0 Å². The Morgan fingerprint density at radius 2 is 0.893 bits per heavy atom. The van der Waals surface area contributed by atoms with Crippen molar-refractivity contribution < 1.29 is 0 Å². The first-order valence-electron chi connectivity index (χ1n) is 19.7. The molecule has 0 aliphatic heterocycles. The highest BCUT2D eigenvalue weighted by molar-refractivity contribution is 7.25. The molecule has 0 bridgehead atoms. The summed E-state index contributed by atoms with van der Waals surface area (Å²) in [7, 11) is 0. The van der Waals surface area contributed by atoms with Crippen LogP contribution in [0, 0.1) is 0 Å². The lowest BCUT2D eigenvalue weighted by atomic mass is 9.79. The van der Waals surface area contributed by atoms with Gasteiger partial charge in [-0.25, -0.2) is 0 Å². The molecule has 2 heteroatoms. The van der Waals surface area contributed by atoms with Gasteiger partial charge in [0.05, 0.1) is 5.69 Å². The molecule has 0 saturated carbocycles. The van der Waals surface area contributed by atoms with Crippen molar-refractivity contribution in [2.75, 3.05) is 4.90 Å². The summed E-state index contributed by atoms with van der Waals surface area (Å²) in [6.07, 6.45) is 0. The van der Waals surface area contributed by atoms with E-state index in [0.717, 1.165) is 11.4 Å². The van der Waals surface area contributed by atoms with Gasteiger partial charge in [0.2, 0.25) is 0 Å². The molecule has 0 amide bonds. The Kier molecular flexibility index (Phi) is 7.18. The molecule has 0 atom stereocenters. The minimum atomic E-state index is -0.207. The Morgan fingerprint density at radius 1 is 0.357 bits per heavy atom. The van der Waals surface area contributed by atoms with E-state index in [1.165, 1.54) is 92.6 Å². The molecule has 268 valence electrons.